The molecular formula is C13H11ClN2O3. The minimum absolute atomic E-state index is 0.0000368. The Bertz CT molecular complexity index is 695. The van der Waals surface area contributed by atoms with E-state index in [4.69, 9.17) is 11.6 Å². The summed E-state index contributed by atoms with van der Waals surface area (Å²) in [7, 11) is 0. The molecule has 1 aromatic carbocycles. The van der Waals surface area contributed by atoms with Gasteiger partial charge in [0.2, 0.25) is 0 Å². The van der Waals surface area contributed by atoms with Crippen molar-refractivity contribution in [2.24, 2.45) is 0 Å². The van der Waals surface area contributed by atoms with Gasteiger partial charge in [-0.15, -0.1) is 0 Å². The summed E-state index contributed by atoms with van der Waals surface area (Å²) in [6.07, 6.45) is 1.35. The molecule has 0 bridgehead atoms. The molecule has 0 fully saturated rings. The Hall–Kier alpha value is -2.27. The molecule has 0 atom stereocenters. The van der Waals surface area contributed by atoms with Crippen LogP contribution in [0, 0.1) is 6.92 Å². The molecular weight excluding hydrogens is 268 g/mol. The summed E-state index contributed by atoms with van der Waals surface area (Å²) < 4.78 is 0. The van der Waals surface area contributed by atoms with Crippen molar-refractivity contribution in [1.82, 2.24) is 4.98 Å². The van der Waals surface area contributed by atoms with E-state index < -0.39 is 5.91 Å². The van der Waals surface area contributed by atoms with Gasteiger partial charge in [0.1, 0.15) is 11.3 Å². The lowest BCUT2D eigenvalue weighted by Crippen LogP contribution is -2.21. The van der Waals surface area contributed by atoms with E-state index in [9.17, 15) is 14.7 Å². The molecule has 0 unspecified atom stereocenters. The van der Waals surface area contributed by atoms with Crippen LogP contribution in [0.4, 0.5) is 5.69 Å². The summed E-state index contributed by atoms with van der Waals surface area (Å²) in [5, 5.41) is 12.1. The zero-order valence-corrected chi connectivity index (χ0v) is 10.8. The molecule has 2 aromatic rings. The number of hydrogen-bond acceptors (Lipinski definition) is 3. The highest BCUT2D eigenvalue weighted by atomic mass is 35.5. The summed E-state index contributed by atoms with van der Waals surface area (Å²) in [6.45, 7) is 1.72. The van der Waals surface area contributed by atoms with Gasteiger partial charge in [-0.2, -0.15) is 0 Å². The number of aromatic nitrogens is 1. The molecule has 0 aliphatic carbocycles. The van der Waals surface area contributed by atoms with Crippen LogP contribution >= 0.6 is 11.6 Å². The first kappa shape index (κ1) is 13.2. The maximum atomic E-state index is 11.9. The summed E-state index contributed by atoms with van der Waals surface area (Å²) >= 11 is 5.66. The molecule has 3 N–H and O–H groups in total. The zero-order chi connectivity index (χ0) is 14.0. The summed E-state index contributed by atoms with van der Waals surface area (Å²) in [5.41, 5.74) is 0.657. The number of benzene rings is 1. The Morgan fingerprint density at radius 1 is 1.37 bits per heavy atom. The Balaban J connectivity index is 2.25. The second-order valence-corrected chi connectivity index (χ2v) is 4.42. The lowest BCUT2D eigenvalue weighted by molar-refractivity contribution is 0.102. The quantitative estimate of drug-likeness (QED) is 0.788. The Morgan fingerprint density at radius 3 is 2.74 bits per heavy atom. The number of nitrogens with one attached hydrogen (secondary N) is 2. The van der Waals surface area contributed by atoms with Crippen molar-refractivity contribution in [3.63, 3.8) is 0 Å². The van der Waals surface area contributed by atoms with Gasteiger partial charge in [-0.25, -0.2) is 0 Å². The van der Waals surface area contributed by atoms with Gasteiger partial charge in [0.05, 0.1) is 5.02 Å². The van der Waals surface area contributed by atoms with E-state index in [1.165, 1.54) is 30.5 Å². The number of H-pyrrole nitrogens is 1. The van der Waals surface area contributed by atoms with Crippen LogP contribution in [0.3, 0.4) is 0 Å². The number of phenolic OH excluding ortho intramolecular Hbond substituents is 1. The molecule has 0 saturated heterocycles. The van der Waals surface area contributed by atoms with E-state index in [1.54, 1.807) is 6.92 Å². The third-order valence-corrected chi connectivity index (χ3v) is 2.83. The van der Waals surface area contributed by atoms with Crippen LogP contribution in [-0.4, -0.2) is 16.0 Å². The van der Waals surface area contributed by atoms with Crippen LogP contribution in [0.5, 0.6) is 5.75 Å². The number of rotatable bonds is 2. The topological polar surface area (TPSA) is 82.2 Å². The van der Waals surface area contributed by atoms with Gasteiger partial charge in [-0.3, -0.25) is 9.59 Å². The zero-order valence-electron chi connectivity index (χ0n) is 10.0. The van der Waals surface area contributed by atoms with E-state index in [0.717, 1.165) is 0 Å². The molecule has 5 nitrogen and oxygen atoms in total. The highest BCUT2D eigenvalue weighted by molar-refractivity contribution is 6.32. The van der Waals surface area contributed by atoms with Crippen molar-refractivity contribution in [3.05, 3.63) is 57.0 Å². The van der Waals surface area contributed by atoms with E-state index in [-0.39, 0.29) is 21.8 Å². The average Bonchev–Trinajstić information content (AvgIpc) is 2.33. The number of aromatic amines is 1. The number of phenols is 1. The van der Waals surface area contributed by atoms with Crippen molar-refractivity contribution in [1.29, 1.82) is 0 Å². The molecule has 2 rings (SSSR count). The Labute approximate surface area is 113 Å². The molecule has 6 heteroatoms. The fourth-order valence-corrected chi connectivity index (χ4v) is 1.66. The van der Waals surface area contributed by atoms with Gasteiger partial charge < -0.3 is 15.4 Å². The van der Waals surface area contributed by atoms with E-state index in [0.29, 0.717) is 11.4 Å². The van der Waals surface area contributed by atoms with Crippen LogP contribution in [0.2, 0.25) is 5.02 Å². The van der Waals surface area contributed by atoms with Gasteiger partial charge in [-0.05, 0) is 19.1 Å². The molecule has 98 valence electrons. The second-order valence-electron chi connectivity index (χ2n) is 4.01. The predicted octanol–water partition coefficient (Wildman–Crippen LogP) is 2.29. The van der Waals surface area contributed by atoms with E-state index in [2.05, 4.69) is 10.3 Å². The minimum Gasteiger partial charge on any atom is -0.506 e. The largest absolute Gasteiger partial charge is 0.506 e. The number of aromatic hydroxyl groups is 1. The van der Waals surface area contributed by atoms with Crippen molar-refractivity contribution >= 4 is 23.2 Å². The first-order valence-corrected chi connectivity index (χ1v) is 5.84. The van der Waals surface area contributed by atoms with Crippen LogP contribution in [0.25, 0.3) is 0 Å². The van der Waals surface area contributed by atoms with Crippen LogP contribution in [0.15, 0.2) is 35.3 Å². The lowest BCUT2D eigenvalue weighted by Gasteiger charge is -2.06. The number of halogens is 1. The molecule has 1 aromatic heterocycles. The lowest BCUT2D eigenvalue weighted by atomic mass is 10.2. The molecule has 0 radical (unpaired) electrons. The smallest absolute Gasteiger partial charge is 0.261 e. The maximum Gasteiger partial charge on any atom is 0.261 e. The normalized spacial score (nSPS) is 10.2. The SMILES string of the molecule is Cc1cc(=O)c(C(=O)Nc2ccc(Cl)c(O)c2)c[nH]1. The molecule has 1 amide bonds. The van der Waals surface area contributed by atoms with Gasteiger partial charge in [0, 0.05) is 29.7 Å². The van der Waals surface area contributed by atoms with E-state index in [1.807, 2.05) is 0 Å². The molecule has 0 spiro atoms. The molecule has 19 heavy (non-hydrogen) atoms. The second kappa shape index (κ2) is 5.16. The highest BCUT2D eigenvalue weighted by Gasteiger charge is 2.11. The number of pyridine rings is 1. The Morgan fingerprint density at radius 2 is 2.11 bits per heavy atom. The number of carbonyl (C=O) groups is 1. The third kappa shape index (κ3) is 2.95. The van der Waals surface area contributed by atoms with Crippen molar-refractivity contribution < 1.29 is 9.90 Å². The van der Waals surface area contributed by atoms with Crippen LogP contribution < -0.4 is 10.7 Å². The standard InChI is InChI=1S/C13H11ClN2O3/c1-7-4-11(17)9(6-15-7)13(19)16-8-2-3-10(14)12(18)5-8/h2-6,18H,1H3,(H,15,17)(H,16,19). The van der Waals surface area contributed by atoms with Crippen molar-refractivity contribution in [2.45, 2.75) is 6.92 Å². The summed E-state index contributed by atoms with van der Waals surface area (Å²) in [4.78, 5) is 26.3. The van der Waals surface area contributed by atoms with E-state index >= 15 is 0 Å². The number of carbonyl (C=O) groups excluding carboxylic acids is 1. The fraction of sp³-hybridized carbons (Fsp3) is 0.0769. The Kier molecular flexibility index (Phi) is 3.57. The van der Waals surface area contributed by atoms with Gasteiger partial charge in [0.15, 0.2) is 5.43 Å². The average molecular weight is 279 g/mol. The highest BCUT2D eigenvalue weighted by Crippen LogP contribution is 2.26. The fourth-order valence-electron chi connectivity index (χ4n) is 1.54. The van der Waals surface area contributed by atoms with Crippen LogP contribution in [0.1, 0.15) is 16.1 Å². The number of aryl methyl sites for hydroxylation is 1. The monoisotopic (exact) mass is 278 g/mol. The maximum absolute atomic E-state index is 11.9. The molecule has 0 aliphatic heterocycles. The predicted molar refractivity (Wildman–Crippen MR) is 72.9 cm³/mol. The molecule has 1 heterocycles. The van der Waals surface area contributed by atoms with Gasteiger partial charge in [-0.1, -0.05) is 11.6 Å². The molecule has 0 saturated carbocycles. The molecule has 0 aliphatic rings. The minimum atomic E-state index is -0.553. The van der Waals surface area contributed by atoms with Crippen molar-refractivity contribution in [3.8, 4) is 5.75 Å². The summed E-state index contributed by atoms with van der Waals surface area (Å²) in [6, 6.07) is 5.63. The third-order valence-electron chi connectivity index (χ3n) is 2.51. The number of anilines is 1. The van der Waals surface area contributed by atoms with Gasteiger partial charge >= 0.3 is 0 Å². The number of hydrogen-bond donors (Lipinski definition) is 3. The first-order valence-electron chi connectivity index (χ1n) is 5.46. The van der Waals surface area contributed by atoms with Gasteiger partial charge in [0.25, 0.3) is 5.91 Å². The van der Waals surface area contributed by atoms with Crippen molar-refractivity contribution in [2.75, 3.05) is 5.32 Å². The number of amides is 1. The summed E-state index contributed by atoms with van der Waals surface area (Å²) in [5.74, 6) is -0.694. The first-order chi connectivity index (χ1) is 8.97. The van der Waals surface area contributed by atoms with Crippen LogP contribution in [-0.2, 0) is 0 Å².